The molecule has 1 aromatic carbocycles. The standard InChI is InChI=1S/C16H24Cl2N2O6S/c1-5-19(6-2)27(24,25)26-11-16(21,10-15(4,17)18)13-7-12(3)8-14(9-13)20(22)23/h7-9,21H,5-6,10-11H2,1-4H3. The molecular formula is C16H24Cl2N2O6S. The average Bonchev–Trinajstić information content (AvgIpc) is 2.52. The molecule has 0 saturated carbocycles. The highest BCUT2D eigenvalue weighted by Gasteiger charge is 2.40. The number of nitro benzene ring substituents is 1. The van der Waals surface area contributed by atoms with Gasteiger partial charge in [0.25, 0.3) is 5.69 Å². The number of hydrogen-bond donors (Lipinski definition) is 1. The molecular weight excluding hydrogens is 419 g/mol. The van der Waals surface area contributed by atoms with Crippen LogP contribution in [-0.4, -0.2) is 46.8 Å². The normalized spacial score (nSPS) is 15.0. The van der Waals surface area contributed by atoms with Gasteiger partial charge in [-0.1, -0.05) is 19.9 Å². The third-order valence-corrected chi connectivity index (χ3v) is 5.71. The summed E-state index contributed by atoms with van der Waals surface area (Å²) in [5.74, 6) is 0. The van der Waals surface area contributed by atoms with Gasteiger partial charge in [0.2, 0.25) is 0 Å². The molecule has 0 bridgehead atoms. The Morgan fingerprint density at radius 2 is 1.81 bits per heavy atom. The van der Waals surface area contributed by atoms with E-state index in [4.69, 9.17) is 27.4 Å². The van der Waals surface area contributed by atoms with Crippen LogP contribution in [0.15, 0.2) is 18.2 Å². The number of nitro groups is 1. The van der Waals surface area contributed by atoms with E-state index in [9.17, 15) is 23.6 Å². The van der Waals surface area contributed by atoms with Crippen LogP contribution in [0.1, 0.15) is 38.3 Å². The van der Waals surface area contributed by atoms with Crippen LogP contribution in [0.5, 0.6) is 0 Å². The molecule has 27 heavy (non-hydrogen) atoms. The number of nitrogens with zero attached hydrogens (tertiary/aromatic N) is 2. The first-order valence-electron chi connectivity index (χ1n) is 8.25. The summed E-state index contributed by atoms with van der Waals surface area (Å²) < 4.78 is 29.3. The van der Waals surface area contributed by atoms with Crippen molar-refractivity contribution in [3.8, 4) is 0 Å². The first-order valence-corrected chi connectivity index (χ1v) is 10.4. The summed E-state index contributed by atoms with van der Waals surface area (Å²) in [5.41, 5.74) is -1.61. The molecule has 0 heterocycles. The highest BCUT2D eigenvalue weighted by Crippen LogP contribution is 2.38. The Morgan fingerprint density at radius 1 is 1.26 bits per heavy atom. The molecule has 1 rings (SSSR count). The van der Waals surface area contributed by atoms with Crippen molar-refractivity contribution < 1.29 is 22.6 Å². The summed E-state index contributed by atoms with van der Waals surface area (Å²) >= 11 is 12.1. The minimum absolute atomic E-state index is 0.0940. The molecule has 1 aromatic rings. The number of rotatable bonds is 10. The SMILES string of the molecule is CCN(CC)S(=O)(=O)OCC(O)(CC(C)(Cl)Cl)c1cc(C)cc([N+](=O)[O-])c1. The molecule has 0 aliphatic rings. The number of alkyl halides is 2. The largest absolute Gasteiger partial charge is 0.383 e. The van der Waals surface area contributed by atoms with Crippen LogP contribution in [-0.2, 0) is 20.1 Å². The molecule has 0 saturated heterocycles. The maximum Gasteiger partial charge on any atom is 0.338 e. The number of aliphatic hydroxyl groups is 1. The van der Waals surface area contributed by atoms with E-state index in [1.165, 1.54) is 19.1 Å². The fraction of sp³-hybridized carbons (Fsp3) is 0.625. The van der Waals surface area contributed by atoms with Crippen molar-refractivity contribution in [3.63, 3.8) is 0 Å². The lowest BCUT2D eigenvalue weighted by molar-refractivity contribution is -0.385. The fourth-order valence-corrected chi connectivity index (χ4v) is 4.24. The zero-order chi connectivity index (χ0) is 21.0. The lowest BCUT2D eigenvalue weighted by atomic mass is 9.88. The molecule has 0 aromatic heterocycles. The minimum atomic E-state index is -4.10. The molecule has 0 radical (unpaired) electrons. The topological polar surface area (TPSA) is 110 Å². The Bertz CT molecular complexity index is 778. The van der Waals surface area contributed by atoms with Crippen molar-refractivity contribution in [1.82, 2.24) is 4.31 Å². The second-order valence-electron chi connectivity index (χ2n) is 6.40. The molecule has 0 amide bonds. The number of halogens is 2. The summed E-state index contributed by atoms with van der Waals surface area (Å²) in [6.07, 6.45) is -0.308. The highest BCUT2D eigenvalue weighted by atomic mass is 35.5. The van der Waals surface area contributed by atoms with E-state index in [0.717, 1.165) is 10.4 Å². The van der Waals surface area contributed by atoms with Crippen LogP contribution in [0.3, 0.4) is 0 Å². The summed E-state index contributed by atoms with van der Waals surface area (Å²) in [4.78, 5) is 10.5. The number of hydrogen-bond acceptors (Lipinski definition) is 6. The van der Waals surface area contributed by atoms with Gasteiger partial charge in [0.15, 0.2) is 0 Å². The molecule has 8 nitrogen and oxygen atoms in total. The fourth-order valence-electron chi connectivity index (χ4n) is 2.67. The van der Waals surface area contributed by atoms with Gasteiger partial charge in [-0.25, -0.2) is 0 Å². The second kappa shape index (κ2) is 9.02. The predicted molar refractivity (Wildman–Crippen MR) is 104 cm³/mol. The monoisotopic (exact) mass is 442 g/mol. The van der Waals surface area contributed by atoms with E-state index < -0.39 is 31.8 Å². The zero-order valence-electron chi connectivity index (χ0n) is 15.6. The van der Waals surface area contributed by atoms with Crippen LogP contribution in [0.4, 0.5) is 5.69 Å². The predicted octanol–water partition coefficient (Wildman–Crippen LogP) is 3.28. The smallest absolute Gasteiger partial charge is 0.338 e. The van der Waals surface area contributed by atoms with E-state index in [0.29, 0.717) is 5.56 Å². The Morgan fingerprint density at radius 3 is 2.26 bits per heavy atom. The Balaban J connectivity index is 3.33. The van der Waals surface area contributed by atoms with Gasteiger partial charge in [-0.2, -0.15) is 12.7 Å². The molecule has 11 heteroatoms. The van der Waals surface area contributed by atoms with Gasteiger partial charge in [0, 0.05) is 31.6 Å². The second-order valence-corrected chi connectivity index (χ2v) is 9.87. The average molecular weight is 443 g/mol. The highest BCUT2D eigenvalue weighted by molar-refractivity contribution is 7.84. The van der Waals surface area contributed by atoms with Crippen molar-refractivity contribution in [3.05, 3.63) is 39.4 Å². The Hall–Kier alpha value is -0.970. The number of aryl methyl sites for hydroxylation is 1. The van der Waals surface area contributed by atoms with Crippen LogP contribution < -0.4 is 0 Å². The molecule has 0 spiro atoms. The van der Waals surface area contributed by atoms with Crippen molar-refractivity contribution in [2.75, 3.05) is 19.7 Å². The van der Waals surface area contributed by atoms with Gasteiger partial charge >= 0.3 is 10.3 Å². The van der Waals surface area contributed by atoms with E-state index in [1.54, 1.807) is 20.8 Å². The molecule has 0 aliphatic heterocycles. The number of non-ortho nitro benzene ring substituents is 1. The van der Waals surface area contributed by atoms with Crippen LogP contribution in [0.25, 0.3) is 0 Å². The first-order chi connectivity index (χ1) is 12.2. The van der Waals surface area contributed by atoms with Gasteiger partial charge in [0.05, 0.1) is 4.92 Å². The third kappa shape index (κ3) is 6.85. The van der Waals surface area contributed by atoms with Gasteiger partial charge in [-0.05, 0) is 25.0 Å². The quantitative estimate of drug-likeness (QED) is 0.338. The summed E-state index contributed by atoms with van der Waals surface area (Å²) in [5, 5.41) is 22.3. The van der Waals surface area contributed by atoms with Gasteiger partial charge in [0.1, 0.15) is 16.5 Å². The molecule has 154 valence electrons. The van der Waals surface area contributed by atoms with Crippen molar-refractivity contribution >= 4 is 39.2 Å². The minimum Gasteiger partial charge on any atom is -0.383 e. The lowest BCUT2D eigenvalue weighted by Crippen LogP contribution is -2.40. The molecule has 0 fully saturated rings. The first kappa shape index (κ1) is 24.1. The molecule has 1 unspecified atom stereocenters. The molecule has 0 aliphatic carbocycles. The summed E-state index contributed by atoms with van der Waals surface area (Å²) in [6, 6.07) is 3.98. The van der Waals surface area contributed by atoms with Gasteiger partial charge in [-0.15, -0.1) is 23.2 Å². The van der Waals surface area contributed by atoms with E-state index >= 15 is 0 Å². The summed E-state index contributed by atoms with van der Waals surface area (Å²) in [6.45, 7) is 6.02. The number of benzene rings is 1. The van der Waals surface area contributed by atoms with E-state index in [-0.39, 0.29) is 30.8 Å². The molecule has 1 N–H and O–H groups in total. The van der Waals surface area contributed by atoms with Crippen LogP contribution >= 0.6 is 23.2 Å². The van der Waals surface area contributed by atoms with Crippen molar-refractivity contribution in [2.24, 2.45) is 0 Å². The summed E-state index contributed by atoms with van der Waals surface area (Å²) in [7, 11) is -4.10. The van der Waals surface area contributed by atoms with Crippen molar-refractivity contribution in [2.45, 2.75) is 44.1 Å². The zero-order valence-corrected chi connectivity index (χ0v) is 17.9. The Labute approximate surface area is 169 Å². The van der Waals surface area contributed by atoms with Gasteiger partial charge in [-0.3, -0.25) is 14.3 Å². The van der Waals surface area contributed by atoms with Gasteiger partial charge < -0.3 is 5.11 Å². The van der Waals surface area contributed by atoms with E-state index in [1.807, 2.05) is 0 Å². The third-order valence-electron chi connectivity index (χ3n) is 3.88. The van der Waals surface area contributed by atoms with E-state index in [2.05, 4.69) is 0 Å². The van der Waals surface area contributed by atoms with Crippen molar-refractivity contribution in [1.29, 1.82) is 0 Å². The maximum atomic E-state index is 12.3. The maximum absolute atomic E-state index is 12.3. The Kier molecular flexibility index (Phi) is 8.04. The lowest BCUT2D eigenvalue weighted by Gasteiger charge is -2.32. The van der Waals surface area contributed by atoms with Crippen LogP contribution in [0.2, 0.25) is 0 Å². The molecule has 1 atom stereocenters. The van der Waals surface area contributed by atoms with Crippen LogP contribution in [0, 0.1) is 17.0 Å².